The molecule has 0 saturated heterocycles. The van der Waals surface area contributed by atoms with E-state index in [1.165, 1.54) is 22.1 Å². The van der Waals surface area contributed by atoms with E-state index >= 15 is 0 Å². The molecule has 60 heavy (non-hydrogen) atoms. The molecule has 4 aromatic heterocycles. The number of nitrogens with one attached hydrogen (secondary N) is 1. The molecule has 7 aromatic rings. The number of rotatable bonds is 20. The van der Waals surface area contributed by atoms with Gasteiger partial charge in [0.15, 0.2) is 5.65 Å². The molecular formula is C41H42F4N8O6S. The summed E-state index contributed by atoms with van der Waals surface area (Å²) in [4.78, 5) is 18.2. The van der Waals surface area contributed by atoms with Gasteiger partial charge in [-0.25, -0.2) is 14.1 Å². The van der Waals surface area contributed by atoms with Crippen LogP contribution < -0.4 is 25.1 Å². The number of ether oxygens (including phenoxy) is 4. The second kappa shape index (κ2) is 19.0. The average Bonchev–Trinajstić information content (AvgIpc) is 3.94. The van der Waals surface area contributed by atoms with E-state index in [-0.39, 0.29) is 24.3 Å². The Balaban J connectivity index is 0.867. The maximum Gasteiger partial charge on any atom is 0.419 e. The van der Waals surface area contributed by atoms with Crippen molar-refractivity contribution >= 4 is 32.6 Å². The molecule has 2 N–H and O–H groups in total. The van der Waals surface area contributed by atoms with Crippen LogP contribution in [0.1, 0.15) is 39.4 Å². The fraction of sp³-hybridized carbons (Fsp3) is 0.341. The SMILES string of the molecule is COc1cccc(Cn2ncc3c4sc(COCCc5cn(CCCOc6ccc(OCc7ccc(F)c(C(F)(F)F)c7)c(CNCCO)c6)nn5)nc4n(C)c3c2=O)c1. The van der Waals surface area contributed by atoms with E-state index in [2.05, 4.69) is 20.7 Å². The topological polar surface area (TPSA) is 153 Å². The first kappa shape index (κ1) is 42.2. The van der Waals surface area contributed by atoms with E-state index in [1.807, 2.05) is 42.1 Å². The molecule has 0 aliphatic rings. The van der Waals surface area contributed by atoms with Crippen molar-refractivity contribution in [3.63, 3.8) is 0 Å². The van der Waals surface area contributed by atoms with E-state index < -0.39 is 17.6 Å². The predicted molar refractivity (Wildman–Crippen MR) is 215 cm³/mol. The number of aromatic nitrogens is 7. The molecule has 0 atom stereocenters. The van der Waals surface area contributed by atoms with Gasteiger partial charge in [0.2, 0.25) is 0 Å². The number of hydrogen-bond acceptors (Lipinski definition) is 12. The molecule has 0 unspecified atom stereocenters. The number of halogens is 4. The van der Waals surface area contributed by atoms with Gasteiger partial charge in [-0.05, 0) is 53.6 Å². The van der Waals surface area contributed by atoms with Crippen LogP contribution in [-0.2, 0) is 57.2 Å². The summed E-state index contributed by atoms with van der Waals surface area (Å²) in [5.41, 5.74) is 2.20. The number of methoxy groups -OCH3 is 1. The van der Waals surface area contributed by atoms with Crippen LogP contribution >= 0.6 is 11.3 Å². The van der Waals surface area contributed by atoms with Gasteiger partial charge in [0.1, 0.15) is 40.2 Å². The third-order valence-electron chi connectivity index (χ3n) is 9.52. The lowest BCUT2D eigenvalue weighted by Crippen LogP contribution is -2.24. The molecule has 0 aliphatic heterocycles. The first-order valence-corrected chi connectivity index (χ1v) is 19.8. The smallest absolute Gasteiger partial charge is 0.419 e. The Bertz CT molecular complexity index is 2620. The van der Waals surface area contributed by atoms with Gasteiger partial charge >= 0.3 is 6.18 Å². The Morgan fingerprint density at radius 2 is 1.85 bits per heavy atom. The molecule has 4 heterocycles. The van der Waals surface area contributed by atoms with E-state index in [0.29, 0.717) is 92.8 Å². The summed E-state index contributed by atoms with van der Waals surface area (Å²) < 4.78 is 82.2. The zero-order valence-electron chi connectivity index (χ0n) is 32.7. The summed E-state index contributed by atoms with van der Waals surface area (Å²) in [7, 11) is 3.43. The van der Waals surface area contributed by atoms with E-state index in [0.717, 1.165) is 38.5 Å². The summed E-state index contributed by atoms with van der Waals surface area (Å²) in [5, 5.41) is 26.7. The lowest BCUT2D eigenvalue weighted by atomic mass is 10.1. The maximum absolute atomic E-state index is 13.7. The zero-order valence-corrected chi connectivity index (χ0v) is 33.6. The molecule has 0 aliphatic carbocycles. The highest BCUT2D eigenvalue weighted by atomic mass is 32.1. The van der Waals surface area contributed by atoms with Crippen molar-refractivity contribution in [2.45, 2.75) is 51.9 Å². The van der Waals surface area contributed by atoms with Crippen LogP contribution in [0, 0.1) is 5.82 Å². The van der Waals surface area contributed by atoms with Crippen LogP contribution in [0.15, 0.2) is 77.9 Å². The number of benzene rings is 3. The molecule has 0 bridgehead atoms. The molecule has 0 spiro atoms. The first-order chi connectivity index (χ1) is 29.0. The van der Waals surface area contributed by atoms with Crippen LogP contribution in [0.5, 0.6) is 17.2 Å². The molecule has 0 amide bonds. The number of fused-ring (bicyclic) bond motifs is 3. The number of aryl methyl sites for hydroxylation is 2. The van der Waals surface area contributed by atoms with Crippen LogP contribution in [0.4, 0.5) is 17.6 Å². The van der Waals surface area contributed by atoms with Crippen molar-refractivity contribution in [3.05, 3.63) is 122 Å². The number of hydrogen-bond donors (Lipinski definition) is 2. The quantitative estimate of drug-likeness (QED) is 0.0683. The Morgan fingerprint density at radius 3 is 2.67 bits per heavy atom. The lowest BCUT2D eigenvalue weighted by molar-refractivity contribution is -0.140. The van der Waals surface area contributed by atoms with Crippen LogP contribution in [0.3, 0.4) is 0 Å². The first-order valence-electron chi connectivity index (χ1n) is 19.0. The van der Waals surface area contributed by atoms with Crippen molar-refractivity contribution in [3.8, 4) is 17.2 Å². The Hall–Kier alpha value is -5.89. The van der Waals surface area contributed by atoms with Gasteiger partial charge in [-0.3, -0.25) is 9.48 Å². The van der Waals surface area contributed by atoms with E-state index in [4.69, 9.17) is 23.9 Å². The predicted octanol–water partition coefficient (Wildman–Crippen LogP) is 6.04. The largest absolute Gasteiger partial charge is 0.497 e. The summed E-state index contributed by atoms with van der Waals surface area (Å²) >= 11 is 1.47. The monoisotopic (exact) mass is 850 g/mol. The van der Waals surface area contributed by atoms with Crippen molar-refractivity contribution in [2.75, 3.05) is 33.5 Å². The fourth-order valence-electron chi connectivity index (χ4n) is 6.53. The molecule has 316 valence electrons. The van der Waals surface area contributed by atoms with E-state index in [1.54, 1.807) is 36.2 Å². The number of aliphatic hydroxyl groups is 1. The molecule has 19 heteroatoms. The molecule has 0 fully saturated rings. The Kier molecular flexibility index (Phi) is 13.4. The van der Waals surface area contributed by atoms with Gasteiger partial charge in [0, 0.05) is 56.7 Å². The summed E-state index contributed by atoms with van der Waals surface area (Å²) in [6.07, 6.45) is -0.0761. The van der Waals surface area contributed by atoms with Crippen molar-refractivity contribution in [2.24, 2.45) is 7.05 Å². The Labute approximate surface area is 344 Å². The number of aliphatic hydroxyl groups excluding tert-OH is 1. The van der Waals surface area contributed by atoms with Gasteiger partial charge in [-0.1, -0.05) is 23.4 Å². The molecule has 7 rings (SSSR count). The normalized spacial score (nSPS) is 11.8. The zero-order chi connectivity index (χ0) is 42.2. The van der Waals surface area contributed by atoms with Crippen LogP contribution in [0.2, 0.25) is 0 Å². The number of alkyl halides is 3. The minimum atomic E-state index is -4.82. The van der Waals surface area contributed by atoms with Crippen molar-refractivity contribution in [1.82, 2.24) is 39.6 Å². The van der Waals surface area contributed by atoms with Crippen molar-refractivity contribution < 1.29 is 41.6 Å². The second-order valence-electron chi connectivity index (χ2n) is 13.8. The van der Waals surface area contributed by atoms with Gasteiger partial charge in [-0.15, -0.1) is 16.4 Å². The molecule has 0 radical (unpaired) electrons. The standard InChI is InChI=1S/C41H42F4N8O6S/c1-51-37-32(21-47-53(40(37)55)22-26-5-3-6-30(17-26)56-2)38-39(51)48-36(60-38)25-57-16-11-29-23-52(50-49-29)13-4-15-58-31-8-10-35(28(19-31)20-46-12-14-54)59-24-27-7-9-34(42)33(18-27)41(43,44)45/h3,5-10,17-19,21,23,46,54H,4,11-16,20,22,24-25H2,1-2H3. The highest BCUT2D eigenvalue weighted by Gasteiger charge is 2.34. The third kappa shape index (κ3) is 10.1. The Morgan fingerprint density at radius 1 is 0.983 bits per heavy atom. The fourth-order valence-corrected chi connectivity index (χ4v) is 7.58. The molecule has 3 aromatic carbocycles. The highest BCUT2D eigenvalue weighted by molar-refractivity contribution is 7.19. The van der Waals surface area contributed by atoms with Crippen LogP contribution in [-0.4, -0.2) is 72.9 Å². The molecule has 0 saturated carbocycles. The second-order valence-corrected chi connectivity index (χ2v) is 14.9. The number of thiazole rings is 1. The lowest BCUT2D eigenvalue weighted by Gasteiger charge is -2.15. The van der Waals surface area contributed by atoms with Gasteiger partial charge in [-0.2, -0.15) is 18.3 Å². The summed E-state index contributed by atoms with van der Waals surface area (Å²) in [5.74, 6) is 0.330. The molecule has 14 nitrogen and oxygen atoms in total. The number of nitrogens with zero attached hydrogens (tertiary/aromatic N) is 7. The van der Waals surface area contributed by atoms with Gasteiger partial charge in [0.25, 0.3) is 5.56 Å². The molecular weight excluding hydrogens is 809 g/mol. The highest BCUT2D eigenvalue weighted by Crippen LogP contribution is 2.33. The minimum Gasteiger partial charge on any atom is -0.497 e. The third-order valence-corrected chi connectivity index (χ3v) is 10.6. The van der Waals surface area contributed by atoms with Gasteiger partial charge < -0.3 is 33.9 Å². The summed E-state index contributed by atoms with van der Waals surface area (Å²) in [6.45, 7) is 2.28. The summed E-state index contributed by atoms with van der Waals surface area (Å²) in [6, 6.07) is 15.4. The van der Waals surface area contributed by atoms with Crippen LogP contribution in [0.25, 0.3) is 21.3 Å². The maximum atomic E-state index is 13.7. The van der Waals surface area contributed by atoms with E-state index in [9.17, 15) is 27.5 Å². The van der Waals surface area contributed by atoms with Crippen molar-refractivity contribution in [1.29, 1.82) is 0 Å². The van der Waals surface area contributed by atoms with Gasteiger partial charge in [0.05, 0.1) is 62.2 Å². The minimum absolute atomic E-state index is 0.0838. The average molecular weight is 851 g/mol.